The fraction of sp³-hybridized carbons (Fsp3) is 0.0625. The number of hydrogen-bond acceptors (Lipinski definition) is 5. The van der Waals surface area contributed by atoms with Gasteiger partial charge >= 0.3 is 0 Å². The lowest BCUT2D eigenvalue weighted by atomic mass is 10.1. The van der Waals surface area contributed by atoms with Crippen LogP contribution in [0.15, 0.2) is 55.1 Å². The summed E-state index contributed by atoms with van der Waals surface area (Å²) in [7, 11) is 1.59. The van der Waals surface area contributed by atoms with Crippen LogP contribution in [-0.4, -0.2) is 22.1 Å². The van der Waals surface area contributed by atoms with E-state index in [1.165, 1.54) is 0 Å². The normalized spacial score (nSPS) is 10.3. The van der Waals surface area contributed by atoms with Crippen molar-refractivity contribution in [2.24, 2.45) is 0 Å². The summed E-state index contributed by atoms with van der Waals surface area (Å²) in [4.78, 5) is 12.5. The van der Waals surface area contributed by atoms with Gasteiger partial charge in [0.15, 0.2) is 0 Å². The highest BCUT2D eigenvalue weighted by Gasteiger charge is 2.09. The van der Waals surface area contributed by atoms with Gasteiger partial charge in [0, 0.05) is 24.2 Å². The molecule has 22 heavy (non-hydrogen) atoms. The van der Waals surface area contributed by atoms with E-state index in [0.717, 1.165) is 16.8 Å². The monoisotopic (exact) mass is 312 g/mol. The molecule has 0 aliphatic heterocycles. The minimum absolute atomic E-state index is 0.511. The molecule has 2 aromatic heterocycles. The summed E-state index contributed by atoms with van der Waals surface area (Å²) < 4.78 is 5.18. The van der Waals surface area contributed by atoms with Crippen LogP contribution in [0.3, 0.4) is 0 Å². The van der Waals surface area contributed by atoms with Crippen LogP contribution in [0.25, 0.3) is 11.1 Å². The highest BCUT2D eigenvalue weighted by molar-refractivity contribution is 6.32. The van der Waals surface area contributed by atoms with Crippen molar-refractivity contribution in [3.8, 4) is 16.9 Å². The number of hydrogen-bond donors (Lipinski definition) is 1. The molecule has 0 fully saturated rings. The van der Waals surface area contributed by atoms with Gasteiger partial charge < -0.3 is 10.1 Å². The van der Waals surface area contributed by atoms with E-state index in [1.807, 2.05) is 24.3 Å². The third kappa shape index (κ3) is 2.99. The van der Waals surface area contributed by atoms with Gasteiger partial charge in [-0.2, -0.15) is 0 Å². The zero-order valence-corrected chi connectivity index (χ0v) is 12.6. The lowest BCUT2D eigenvalue weighted by Gasteiger charge is -2.11. The van der Waals surface area contributed by atoms with Gasteiger partial charge in [0.1, 0.15) is 5.75 Å². The first kappa shape index (κ1) is 14.3. The van der Waals surface area contributed by atoms with Crippen LogP contribution in [0.5, 0.6) is 5.75 Å². The Labute approximate surface area is 133 Å². The number of aromatic nitrogens is 3. The summed E-state index contributed by atoms with van der Waals surface area (Å²) in [6, 6.07) is 9.30. The van der Waals surface area contributed by atoms with Crippen LogP contribution in [0.2, 0.25) is 5.02 Å². The number of pyridine rings is 1. The van der Waals surface area contributed by atoms with Crippen molar-refractivity contribution >= 4 is 23.2 Å². The SMILES string of the molecule is COc1ccc(-c2ccncc2Nc2ncccn2)cc1Cl. The Kier molecular flexibility index (Phi) is 4.16. The number of rotatable bonds is 4. The zero-order valence-electron chi connectivity index (χ0n) is 11.8. The Morgan fingerprint density at radius 3 is 2.64 bits per heavy atom. The van der Waals surface area contributed by atoms with Crippen molar-refractivity contribution in [3.05, 3.63) is 60.1 Å². The predicted molar refractivity (Wildman–Crippen MR) is 86.5 cm³/mol. The average molecular weight is 313 g/mol. The minimum atomic E-state index is 0.511. The van der Waals surface area contributed by atoms with Crippen molar-refractivity contribution in [1.29, 1.82) is 0 Å². The fourth-order valence-corrected chi connectivity index (χ4v) is 2.32. The molecule has 0 saturated heterocycles. The van der Waals surface area contributed by atoms with Gasteiger partial charge in [-0.3, -0.25) is 4.98 Å². The van der Waals surface area contributed by atoms with E-state index in [0.29, 0.717) is 16.7 Å². The molecule has 3 rings (SSSR count). The van der Waals surface area contributed by atoms with Crippen molar-refractivity contribution < 1.29 is 4.74 Å². The van der Waals surface area contributed by atoms with Gasteiger partial charge in [-0.15, -0.1) is 0 Å². The number of nitrogens with zero attached hydrogens (tertiary/aromatic N) is 3. The minimum Gasteiger partial charge on any atom is -0.495 e. The molecule has 0 atom stereocenters. The molecule has 0 spiro atoms. The molecule has 0 unspecified atom stereocenters. The van der Waals surface area contributed by atoms with Gasteiger partial charge in [-0.25, -0.2) is 9.97 Å². The molecule has 0 aliphatic rings. The summed E-state index contributed by atoms with van der Waals surface area (Å²) in [5.41, 5.74) is 2.70. The molecule has 5 nitrogen and oxygen atoms in total. The maximum absolute atomic E-state index is 6.21. The van der Waals surface area contributed by atoms with Crippen molar-refractivity contribution in [1.82, 2.24) is 15.0 Å². The molecular weight excluding hydrogens is 300 g/mol. The van der Waals surface area contributed by atoms with Gasteiger partial charge in [0.05, 0.1) is 24.0 Å². The molecule has 0 aliphatic carbocycles. The maximum atomic E-state index is 6.21. The summed E-state index contributed by atoms with van der Waals surface area (Å²) in [6.45, 7) is 0. The molecule has 3 aromatic rings. The standard InChI is InChI=1S/C16H13ClN4O/c1-22-15-4-3-11(9-13(15)17)12-5-8-18-10-14(12)21-16-19-6-2-7-20-16/h2-10H,1H3,(H,19,20,21). The Balaban J connectivity index is 1.99. The summed E-state index contributed by atoms with van der Waals surface area (Å²) in [5, 5.41) is 3.71. The van der Waals surface area contributed by atoms with Crippen molar-refractivity contribution in [3.63, 3.8) is 0 Å². The third-order valence-corrected chi connectivity index (χ3v) is 3.39. The Morgan fingerprint density at radius 2 is 1.91 bits per heavy atom. The first-order valence-electron chi connectivity index (χ1n) is 6.60. The van der Waals surface area contributed by atoms with Gasteiger partial charge in [0.25, 0.3) is 0 Å². The number of ether oxygens (including phenoxy) is 1. The van der Waals surface area contributed by atoms with Crippen LogP contribution in [0, 0.1) is 0 Å². The van der Waals surface area contributed by atoms with E-state index >= 15 is 0 Å². The van der Waals surface area contributed by atoms with Crippen LogP contribution in [0.4, 0.5) is 11.6 Å². The second kappa shape index (κ2) is 6.41. The van der Waals surface area contributed by atoms with E-state index in [9.17, 15) is 0 Å². The first-order valence-corrected chi connectivity index (χ1v) is 6.97. The number of benzene rings is 1. The lowest BCUT2D eigenvalue weighted by Crippen LogP contribution is -1.98. The lowest BCUT2D eigenvalue weighted by molar-refractivity contribution is 0.415. The molecule has 110 valence electrons. The van der Waals surface area contributed by atoms with Gasteiger partial charge in [0.2, 0.25) is 5.95 Å². The molecule has 1 N–H and O–H groups in total. The molecule has 0 saturated carbocycles. The van der Waals surface area contributed by atoms with E-state index in [4.69, 9.17) is 16.3 Å². The molecular formula is C16H13ClN4O. The number of anilines is 2. The quantitative estimate of drug-likeness (QED) is 0.790. The van der Waals surface area contributed by atoms with E-state index in [-0.39, 0.29) is 0 Å². The van der Waals surface area contributed by atoms with Crippen LogP contribution in [0.1, 0.15) is 0 Å². The molecule has 0 amide bonds. The van der Waals surface area contributed by atoms with Crippen LogP contribution in [-0.2, 0) is 0 Å². The largest absolute Gasteiger partial charge is 0.495 e. The summed E-state index contributed by atoms with van der Waals surface area (Å²) in [5.74, 6) is 1.15. The molecule has 6 heteroatoms. The number of halogens is 1. The highest BCUT2D eigenvalue weighted by atomic mass is 35.5. The van der Waals surface area contributed by atoms with E-state index in [2.05, 4.69) is 20.3 Å². The second-order valence-corrected chi connectivity index (χ2v) is 4.88. The Morgan fingerprint density at radius 1 is 1.09 bits per heavy atom. The number of methoxy groups -OCH3 is 1. The first-order chi connectivity index (χ1) is 10.8. The van der Waals surface area contributed by atoms with Crippen molar-refractivity contribution in [2.75, 3.05) is 12.4 Å². The smallest absolute Gasteiger partial charge is 0.227 e. The molecule has 1 aromatic carbocycles. The number of nitrogens with one attached hydrogen (secondary N) is 1. The topological polar surface area (TPSA) is 59.9 Å². The van der Waals surface area contributed by atoms with Crippen LogP contribution >= 0.6 is 11.6 Å². The fourth-order valence-electron chi connectivity index (χ4n) is 2.06. The van der Waals surface area contributed by atoms with Crippen molar-refractivity contribution in [2.45, 2.75) is 0 Å². The molecule has 0 radical (unpaired) electrons. The summed E-state index contributed by atoms with van der Waals surface area (Å²) in [6.07, 6.45) is 6.81. The predicted octanol–water partition coefficient (Wildman–Crippen LogP) is 3.94. The van der Waals surface area contributed by atoms with Gasteiger partial charge in [-0.1, -0.05) is 17.7 Å². The summed E-state index contributed by atoms with van der Waals surface area (Å²) >= 11 is 6.21. The molecule has 0 bridgehead atoms. The molecule has 2 heterocycles. The second-order valence-electron chi connectivity index (χ2n) is 4.47. The van der Waals surface area contributed by atoms with Gasteiger partial charge in [-0.05, 0) is 29.8 Å². The third-order valence-electron chi connectivity index (χ3n) is 3.10. The van der Waals surface area contributed by atoms with Crippen LogP contribution < -0.4 is 10.1 Å². The van der Waals surface area contributed by atoms with E-state index in [1.54, 1.807) is 38.0 Å². The maximum Gasteiger partial charge on any atom is 0.227 e. The zero-order chi connectivity index (χ0) is 15.4. The Hall–Kier alpha value is -2.66. The average Bonchev–Trinajstić information content (AvgIpc) is 2.56. The Bertz CT molecular complexity index is 780. The highest BCUT2D eigenvalue weighted by Crippen LogP contribution is 2.33. The van der Waals surface area contributed by atoms with E-state index < -0.39 is 0 Å².